The highest BCUT2D eigenvalue weighted by atomic mass is 127. The van der Waals surface area contributed by atoms with E-state index in [4.69, 9.17) is 0 Å². The first kappa shape index (κ1) is 23.9. The molecule has 2 N–H and O–H groups in total. The van der Waals surface area contributed by atoms with Gasteiger partial charge in [-0.15, -0.1) is 24.0 Å². The van der Waals surface area contributed by atoms with E-state index in [0.717, 1.165) is 50.8 Å². The summed E-state index contributed by atoms with van der Waals surface area (Å²) in [6.07, 6.45) is 0. The lowest BCUT2D eigenvalue weighted by Crippen LogP contribution is -2.47. The Kier molecular flexibility index (Phi) is 9.80. The third kappa shape index (κ3) is 7.81. The molecule has 0 saturated carbocycles. The molecule has 27 heavy (non-hydrogen) atoms. The third-order valence-corrected chi connectivity index (χ3v) is 4.43. The largest absolute Gasteiger partial charge is 0.367 e. The summed E-state index contributed by atoms with van der Waals surface area (Å²) >= 11 is 0. The summed E-state index contributed by atoms with van der Waals surface area (Å²) in [5.41, 5.74) is 1.51. The number of anilines is 1. The minimum atomic E-state index is -0.156. The van der Waals surface area contributed by atoms with E-state index in [-0.39, 0.29) is 35.3 Å². The molecular formula is C20H35FIN5. The number of nitrogens with zero attached hydrogens (tertiary/aromatic N) is 3. The van der Waals surface area contributed by atoms with E-state index < -0.39 is 0 Å². The van der Waals surface area contributed by atoms with Gasteiger partial charge in [0.05, 0.1) is 12.2 Å². The van der Waals surface area contributed by atoms with Crippen molar-refractivity contribution in [2.45, 2.75) is 46.7 Å². The van der Waals surface area contributed by atoms with Gasteiger partial charge in [-0.05, 0) is 51.9 Å². The summed E-state index contributed by atoms with van der Waals surface area (Å²) in [6, 6.07) is 5.49. The third-order valence-electron chi connectivity index (χ3n) is 4.43. The van der Waals surface area contributed by atoms with Gasteiger partial charge >= 0.3 is 0 Å². The molecule has 1 aliphatic heterocycles. The fourth-order valence-electron chi connectivity index (χ4n) is 3.04. The molecule has 7 heteroatoms. The monoisotopic (exact) mass is 491 g/mol. The fraction of sp³-hybridized carbons (Fsp3) is 0.650. The number of aliphatic imine (C=N–C) groups is 1. The van der Waals surface area contributed by atoms with Gasteiger partial charge in [0.25, 0.3) is 0 Å². The van der Waals surface area contributed by atoms with Crippen molar-refractivity contribution in [3.8, 4) is 0 Å². The van der Waals surface area contributed by atoms with E-state index in [9.17, 15) is 4.39 Å². The first-order valence-corrected chi connectivity index (χ1v) is 9.64. The van der Waals surface area contributed by atoms with Crippen molar-refractivity contribution in [1.29, 1.82) is 0 Å². The average molecular weight is 491 g/mol. The van der Waals surface area contributed by atoms with Crippen LogP contribution in [-0.4, -0.2) is 55.7 Å². The van der Waals surface area contributed by atoms with E-state index in [0.29, 0.717) is 12.2 Å². The van der Waals surface area contributed by atoms with Crippen LogP contribution in [0, 0.1) is 5.82 Å². The van der Waals surface area contributed by atoms with Crippen molar-refractivity contribution < 1.29 is 4.39 Å². The average Bonchev–Trinajstić information content (AvgIpc) is 2.59. The summed E-state index contributed by atoms with van der Waals surface area (Å²) in [4.78, 5) is 9.11. The van der Waals surface area contributed by atoms with Gasteiger partial charge in [0.15, 0.2) is 5.96 Å². The predicted molar refractivity (Wildman–Crippen MR) is 124 cm³/mol. The van der Waals surface area contributed by atoms with Crippen LogP contribution >= 0.6 is 24.0 Å². The SMILES string of the molecule is CCNC(=NCc1ccc(N2CCN(CC)CC2)c(F)c1)NC(C)(C)C.I. The van der Waals surface area contributed by atoms with E-state index >= 15 is 0 Å². The molecule has 2 rings (SSSR count). The fourth-order valence-corrected chi connectivity index (χ4v) is 3.04. The van der Waals surface area contributed by atoms with Crippen LogP contribution in [0.4, 0.5) is 10.1 Å². The molecule has 1 saturated heterocycles. The minimum absolute atomic E-state index is 0. The van der Waals surface area contributed by atoms with Crippen molar-refractivity contribution in [2.75, 3.05) is 44.2 Å². The van der Waals surface area contributed by atoms with Crippen LogP contribution in [0.1, 0.15) is 40.2 Å². The van der Waals surface area contributed by atoms with Gasteiger partial charge in [-0.1, -0.05) is 13.0 Å². The Morgan fingerprint density at radius 1 is 1.15 bits per heavy atom. The number of guanidine groups is 1. The second kappa shape index (κ2) is 11.0. The lowest BCUT2D eigenvalue weighted by atomic mass is 10.1. The number of likely N-dealkylation sites (N-methyl/N-ethyl adjacent to an activating group) is 1. The van der Waals surface area contributed by atoms with Crippen LogP contribution in [0.25, 0.3) is 0 Å². The minimum Gasteiger partial charge on any atom is -0.367 e. The molecule has 1 aromatic rings. The van der Waals surface area contributed by atoms with Gasteiger partial charge in [-0.25, -0.2) is 9.38 Å². The van der Waals surface area contributed by atoms with Gasteiger partial charge < -0.3 is 20.4 Å². The van der Waals surface area contributed by atoms with Crippen LogP contribution in [0.2, 0.25) is 0 Å². The van der Waals surface area contributed by atoms with E-state index in [1.165, 1.54) is 0 Å². The highest BCUT2D eigenvalue weighted by Crippen LogP contribution is 2.22. The molecule has 0 unspecified atom stereocenters. The van der Waals surface area contributed by atoms with E-state index in [1.807, 2.05) is 19.1 Å². The maximum absolute atomic E-state index is 14.6. The standard InChI is InChI=1S/C20H34FN5.HI/c1-6-22-19(24-20(3,4)5)23-15-16-8-9-18(17(21)14-16)26-12-10-25(7-2)11-13-26;/h8-9,14H,6-7,10-13,15H2,1-5H3,(H2,22,23,24);1H. The second-order valence-electron chi connectivity index (χ2n) is 7.78. The van der Waals surface area contributed by atoms with Crippen LogP contribution < -0.4 is 15.5 Å². The zero-order valence-corrected chi connectivity index (χ0v) is 19.6. The van der Waals surface area contributed by atoms with Gasteiger partial charge in [-0.3, -0.25) is 0 Å². The van der Waals surface area contributed by atoms with Crippen molar-refractivity contribution in [3.05, 3.63) is 29.6 Å². The molecule has 0 radical (unpaired) electrons. The Labute approximate surface area is 180 Å². The molecule has 0 bridgehead atoms. The van der Waals surface area contributed by atoms with Gasteiger partial charge in [-0.2, -0.15) is 0 Å². The molecule has 0 aromatic heterocycles. The maximum Gasteiger partial charge on any atom is 0.191 e. The highest BCUT2D eigenvalue weighted by Gasteiger charge is 2.18. The lowest BCUT2D eigenvalue weighted by molar-refractivity contribution is 0.270. The molecule has 1 fully saturated rings. The number of halogens is 2. The normalized spacial score (nSPS) is 16.1. The maximum atomic E-state index is 14.6. The van der Waals surface area contributed by atoms with Crippen molar-refractivity contribution >= 4 is 35.6 Å². The summed E-state index contributed by atoms with van der Waals surface area (Å²) in [7, 11) is 0. The Balaban J connectivity index is 0.00000364. The van der Waals surface area contributed by atoms with Crippen molar-refractivity contribution in [2.24, 2.45) is 4.99 Å². The topological polar surface area (TPSA) is 42.9 Å². The summed E-state index contributed by atoms with van der Waals surface area (Å²) in [5, 5.41) is 6.58. The first-order valence-electron chi connectivity index (χ1n) is 9.64. The highest BCUT2D eigenvalue weighted by molar-refractivity contribution is 14.0. The zero-order valence-electron chi connectivity index (χ0n) is 17.3. The van der Waals surface area contributed by atoms with Crippen LogP contribution in [0.3, 0.4) is 0 Å². The van der Waals surface area contributed by atoms with E-state index in [1.54, 1.807) is 6.07 Å². The summed E-state index contributed by atoms with van der Waals surface area (Å²) in [6.45, 7) is 16.5. The van der Waals surface area contributed by atoms with Gasteiger partial charge in [0.1, 0.15) is 5.82 Å². The van der Waals surface area contributed by atoms with Gasteiger partial charge in [0, 0.05) is 38.3 Å². The number of hydrogen-bond donors (Lipinski definition) is 2. The number of hydrogen-bond acceptors (Lipinski definition) is 3. The Morgan fingerprint density at radius 3 is 2.33 bits per heavy atom. The molecule has 0 atom stereocenters. The molecule has 154 valence electrons. The molecule has 1 heterocycles. The Bertz CT molecular complexity index is 607. The molecule has 1 aromatic carbocycles. The quantitative estimate of drug-likeness (QED) is 0.377. The molecular weight excluding hydrogens is 456 g/mol. The Morgan fingerprint density at radius 2 is 1.81 bits per heavy atom. The molecule has 5 nitrogen and oxygen atoms in total. The number of rotatable bonds is 5. The summed E-state index contributed by atoms with van der Waals surface area (Å²) < 4.78 is 14.6. The predicted octanol–water partition coefficient (Wildman–Crippen LogP) is 3.44. The Hall–Kier alpha value is -1.09. The number of piperazine rings is 1. The smallest absolute Gasteiger partial charge is 0.191 e. The molecule has 0 spiro atoms. The lowest BCUT2D eigenvalue weighted by Gasteiger charge is -2.35. The van der Waals surface area contributed by atoms with Gasteiger partial charge in [0.2, 0.25) is 0 Å². The zero-order chi connectivity index (χ0) is 19.2. The van der Waals surface area contributed by atoms with Crippen molar-refractivity contribution in [1.82, 2.24) is 15.5 Å². The molecule has 0 aliphatic carbocycles. The summed E-state index contributed by atoms with van der Waals surface area (Å²) in [5.74, 6) is 0.594. The van der Waals surface area contributed by atoms with Crippen LogP contribution in [0.5, 0.6) is 0 Å². The van der Waals surface area contributed by atoms with E-state index in [2.05, 4.69) is 53.1 Å². The van der Waals surface area contributed by atoms with Crippen LogP contribution in [-0.2, 0) is 6.54 Å². The van der Waals surface area contributed by atoms with Crippen molar-refractivity contribution in [3.63, 3.8) is 0 Å². The molecule has 1 aliphatic rings. The molecule has 0 amide bonds. The van der Waals surface area contributed by atoms with Crippen LogP contribution in [0.15, 0.2) is 23.2 Å². The second-order valence-corrected chi connectivity index (χ2v) is 7.78. The number of benzene rings is 1. The number of nitrogens with one attached hydrogen (secondary N) is 2. The first-order chi connectivity index (χ1) is 12.3.